The first-order chi connectivity index (χ1) is 8.91. The van der Waals surface area contributed by atoms with E-state index in [-0.39, 0.29) is 18.1 Å². The standard InChI is InChI=1S/C11H14ClF3O4S/c1-9(2)8(16)6-3-4-10(9,7(6)5-12)19-20(17,18)11(13,14)15/h6-7H,3-5H2,1-2H3/t6-,7-,10-/m1/s1. The topological polar surface area (TPSA) is 60.4 Å². The maximum atomic E-state index is 12.6. The van der Waals surface area contributed by atoms with Crippen LogP contribution in [-0.2, 0) is 19.1 Å². The van der Waals surface area contributed by atoms with Crippen LogP contribution in [0.3, 0.4) is 0 Å². The van der Waals surface area contributed by atoms with Crippen LogP contribution >= 0.6 is 11.6 Å². The zero-order valence-corrected chi connectivity index (χ0v) is 12.4. The summed E-state index contributed by atoms with van der Waals surface area (Å²) in [6.07, 6.45) is 0.371. The fourth-order valence-corrected chi connectivity index (χ4v) is 4.89. The molecule has 0 radical (unpaired) electrons. The zero-order valence-electron chi connectivity index (χ0n) is 10.8. The Hall–Kier alpha value is -0.340. The van der Waals surface area contributed by atoms with Crippen LogP contribution in [-0.4, -0.2) is 31.2 Å². The summed E-state index contributed by atoms with van der Waals surface area (Å²) in [4.78, 5) is 12.2. The third-order valence-corrected chi connectivity index (χ3v) is 6.05. The van der Waals surface area contributed by atoms with Crippen molar-refractivity contribution in [3.05, 3.63) is 0 Å². The molecule has 2 aliphatic rings. The van der Waals surface area contributed by atoms with E-state index < -0.39 is 38.5 Å². The minimum Gasteiger partial charge on any atom is -0.299 e. The highest BCUT2D eigenvalue weighted by Crippen LogP contribution is 2.62. The van der Waals surface area contributed by atoms with Crippen molar-refractivity contribution in [2.24, 2.45) is 17.3 Å². The normalized spacial score (nSPS) is 36.6. The Kier molecular flexibility index (Phi) is 3.47. The first-order valence-corrected chi connectivity index (χ1v) is 7.97. The molecule has 9 heteroatoms. The number of Topliss-reactive ketones (excluding diaryl/α,β-unsaturated/α-hetero) is 1. The Labute approximate surface area is 119 Å². The number of rotatable bonds is 3. The summed E-state index contributed by atoms with van der Waals surface area (Å²) in [5.74, 6) is -1.66. The van der Waals surface area contributed by atoms with Crippen molar-refractivity contribution in [3.8, 4) is 0 Å². The van der Waals surface area contributed by atoms with Crippen molar-refractivity contribution < 1.29 is 30.6 Å². The largest absolute Gasteiger partial charge is 0.523 e. The monoisotopic (exact) mass is 334 g/mol. The summed E-state index contributed by atoms with van der Waals surface area (Å²) >= 11 is 5.75. The number of alkyl halides is 4. The van der Waals surface area contributed by atoms with E-state index in [9.17, 15) is 26.4 Å². The van der Waals surface area contributed by atoms with Crippen LogP contribution in [0.2, 0.25) is 0 Å². The van der Waals surface area contributed by atoms with Gasteiger partial charge in [-0.3, -0.25) is 8.98 Å². The molecule has 0 spiro atoms. The van der Waals surface area contributed by atoms with Gasteiger partial charge in [0.1, 0.15) is 11.4 Å². The van der Waals surface area contributed by atoms with Gasteiger partial charge in [-0.1, -0.05) is 13.8 Å². The molecule has 116 valence electrons. The molecule has 0 saturated heterocycles. The van der Waals surface area contributed by atoms with Gasteiger partial charge in [-0.15, -0.1) is 11.6 Å². The predicted octanol–water partition coefficient (Wildman–Crippen LogP) is 2.47. The smallest absolute Gasteiger partial charge is 0.299 e. The molecule has 0 aromatic carbocycles. The molecule has 20 heavy (non-hydrogen) atoms. The van der Waals surface area contributed by atoms with Crippen molar-refractivity contribution in [3.63, 3.8) is 0 Å². The van der Waals surface area contributed by atoms with Gasteiger partial charge >= 0.3 is 15.6 Å². The predicted molar refractivity (Wildman–Crippen MR) is 64.5 cm³/mol. The quantitative estimate of drug-likeness (QED) is 0.452. The molecule has 2 aliphatic carbocycles. The number of carbonyl (C=O) groups excluding carboxylic acids is 1. The lowest BCUT2D eigenvalue weighted by Gasteiger charge is -2.41. The molecule has 2 bridgehead atoms. The van der Waals surface area contributed by atoms with Gasteiger partial charge < -0.3 is 0 Å². The first-order valence-electron chi connectivity index (χ1n) is 6.03. The summed E-state index contributed by atoms with van der Waals surface area (Å²) in [7, 11) is -5.77. The van der Waals surface area contributed by atoms with E-state index in [0.717, 1.165) is 0 Å². The van der Waals surface area contributed by atoms with Crippen LogP contribution in [0.15, 0.2) is 0 Å². The number of halogens is 4. The van der Waals surface area contributed by atoms with Crippen LogP contribution in [0.25, 0.3) is 0 Å². The van der Waals surface area contributed by atoms with Gasteiger partial charge in [0.25, 0.3) is 0 Å². The van der Waals surface area contributed by atoms with Crippen LogP contribution in [0, 0.1) is 17.3 Å². The van der Waals surface area contributed by atoms with E-state index in [0.29, 0.717) is 6.42 Å². The summed E-state index contributed by atoms with van der Waals surface area (Å²) in [5, 5.41) is 0. The van der Waals surface area contributed by atoms with E-state index >= 15 is 0 Å². The molecule has 0 aromatic heterocycles. The molecule has 0 aliphatic heterocycles. The molecule has 0 N–H and O–H groups in total. The fourth-order valence-electron chi connectivity index (χ4n) is 3.53. The Balaban J connectivity index is 2.50. The Bertz CT molecular complexity index is 542. The highest BCUT2D eigenvalue weighted by Gasteiger charge is 2.72. The lowest BCUT2D eigenvalue weighted by Crippen LogP contribution is -2.52. The Morgan fingerprint density at radius 1 is 1.40 bits per heavy atom. The van der Waals surface area contributed by atoms with E-state index in [1.807, 2.05) is 0 Å². The maximum absolute atomic E-state index is 12.6. The zero-order chi connectivity index (χ0) is 15.6. The highest BCUT2D eigenvalue weighted by atomic mass is 35.5. The summed E-state index contributed by atoms with van der Waals surface area (Å²) in [6, 6.07) is 0. The molecule has 3 atom stereocenters. The molecule has 0 unspecified atom stereocenters. The van der Waals surface area contributed by atoms with Crippen molar-refractivity contribution in [1.82, 2.24) is 0 Å². The molecule has 2 rings (SSSR count). The SMILES string of the molecule is CC1(C)C(=O)[C@@H]2CC[C@@]1(OS(=O)(=O)C(F)(F)F)[C@@H]2CCl. The molecular weight excluding hydrogens is 321 g/mol. The molecule has 2 fully saturated rings. The minimum atomic E-state index is -5.77. The van der Waals surface area contributed by atoms with E-state index in [1.54, 1.807) is 0 Å². The minimum absolute atomic E-state index is 0.0725. The average Bonchev–Trinajstić information content (AvgIpc) is 2.70. The molecule has 0 heterocycles. The molecule has 0 aromatic rings. The van der Waals surface area contributed by atoms with Crippen molar-refractivity contribution >= 4 is 27.5 Å². The van der Waals surface area contributed by atoms with Gasteiger partial charge in [-0.2, -0.15) is 21.6 Å². The lowest BCUT2D eigenvalue weighted by atomic mass is 9.71. The van der Waals surface area contributed by atoms with E-state index in [4.69, 9.17) is 11.6 Å². The number of ketones is 1. The van der Waals surface area contributed by atoms with Gasteiger partial charge in [-0.05, 0) is 12.8 Å². The highest BCUT2D eigenvalue weighted by molar-refractivity contribution is 7.87. The van der Waals surface area contributed by atoms with Crippen LogP contribution in [0.1, 0.15) is 26.7 Å². The molecule has 0 amide bonds. The lowest BCUT2D eigenvalue weighted by molar-refractivity contribution is -0.138. The molecular formula is C11H14ClF3O4S. The number of hydrogen-bond donors (Lipinski definition) is 0. The molecule has 4 nitrogen and oxygen atoms in total. The van der Waals surface area contributed by atoms with Crippen LogP contribution < -0.4 is 0 Å². The summed E-state index contributed by atoms with van der Waals surface area (Å²) in [6.45, 7) is 2.83. The fraction of sp³-hybridized carbons (Fsp3) is 0.909. The van der Waals surface area contributed by atoms with Gasteiger partial charge in [0.05, 0.1) is 5.41 Å². The second-order valence-corrected chi connectivity index (χ2v) is 7.61. The summed E-state index contributed by atoms with van der Waals surface area (Å²) in [5.41, 5.74) is -8.53. The third kappa shape index (κ3) is 1.84. The maximum Gasteiger partial charge on any atom is 0.523 e. The van der Waals surface area contributed by atoms with Gasteiger partial charge in [0, 0.05) is 17.7 Å². The van der Waals surface area contributed by atoms with Gasteiger partial charge in [-0.25, -0.2) is 0 Å². The average molecular weight is 335 g/mol. The molecule has 2 saturated carbocycles. The second-order valence-electron chi connectivity index (χ2n) is 5.77. The number of fused-ring (bicyclic) bond motifs is 2. The second kappa shape index (κ2) is 4.33. The third-order valence-electron chi connectivity index (χ3n) is 4.63. The van der Waals surface area contributed by atoms with E-state index in [2.05, 4.69) is 4.18 Å². The van der Waals surface area contributed by atoms with Crippen molar-refractivity contribution in [1.29, 1.82) is 0 Å². The van der Waals surface area contributed by atoms with Crippen LogP contribution in [0.4, 0.5) is 13.2 Å². The van der Waals surface area contributed by atoms with Gasteiger partial charge in [0.2, 0.25) is 0 Å². The Morgan fingerprint density at radius 2 is 1.95 bits per heavy atom. The van der Waals surface area contributed by atoms with Gasteiger partial charge in [0.15, 0.2) is 0 Å². The Morgan fingerprint density at radius 3 is 2.40 bits per heavy atom. The first kappa shape index (κ1) is 16.0. The van der Waals surface area contributed by atoms with Crippen molar-refractivity contribution in [2.45, 2.75) is 37.8 Å². The van der Waals surface area contributed by atoms with Crippen LogP contribution in [0.5, 0.6) is 0 Å². The number of carbonyl (C=O) groups is 1. The number of hydrogen-bond acceptors (Lipinski definition) is 4. The van der Waals surface area contributed by atoms with E-state index in [1.165, 1.54) is 13.8 Å². The summed E-state index contributed by atoms with van der Waals surface area (Å²) < 4.78 is 64.9. The van der Waals surface area contributed by atoms with Crippen molar-refractivity contribution in [2.75, 3.05) is 5.88 Å².